The Bertz CT molecular complexity index is 1180. The van der Waals surface area contributed by atoms with Gasteiger partial charge in [0, 0.05) is 5.56 Å². The molecule has 2 atom stereocenters. The highest BCUT2D eigenvalue weighted by Crippen LogP contribution is 2.25. The lowest BCUT2D eigenvalue weighted by Crippen LogP contribution is -2.35. The molecule has 3 aromatic carbocycles. The van der Waals surface area contributed by atoms with Crippen LogP contribution in [0.5, 0.6) is 0 Å². The minimum atomic E-state index is -1.16. The third kappa shape index (κ3) is 6.17. The average Bonchev–Trinajstić information content (AvgIpc) is 2.76. The number of ether oxygens (including phenoxy) is 1. The molecule has 0 bridgehead atoms. The maximum absolute atomic E-state index is 13.2. The molecule has 0 aliphatic heterocycles. The zero-order valence-electron chi connectivity index (χ0n) is 18.9. The van der Waals surface area contributed by atoms with Crippen LogP contribution in [0, 0.1) is 0 Å². The summed E-state index contributed by atoms with van der Waals surface area (Å²) in [6, 6.07) is 17.8. The number of fused-ring (bicyclic) bond motifs is 1. The molecular formula is C26H28N2O5. The molecule has 0 radical (unpaired) electrons. The van der Waals surface area contributed by atoms with E-state index in [0.717, 1.165) is 10.8 Å². The highest BCUT2D eigenvalue weighted by molar-refractivity contribution is 5.98. The highest BCUT2D eigenvalue weighted by atomic mass is 16.6. The van der Waals surface area contributed by atoms with Gasteiger partial charge in [0.1, 0.15) is 11.6 Å². The molecule has 0 heterocycles. The van der Waals surface area contributed by atoms with E-state index in [9.17, 15) is 19.5 Å². The smallest absolute Gasteiger partial charge is 0.328 e. The Kier molecular flexibility index (Phi) is 7.13. The van der Waals surface area contributed by atoms with E-state index in [1.165, 1.54) is 0 Å². The molecule has 3 rings (SSSR count). The monoisotopic (exact) mass is 448 g/mol. The first-order valence-electron chi connectivity index (χ1n) is 10.6. The maximum atomic E-state index is 13.2. The average molecular weight is 449 g/mol. The third-order valence-corrected chi connectivity index (χ3v) is 5.06. The van der Waals surface area contributed by atoms with Crippen molar-refractivity contribution in [2.45, 2.75) is 44.9 Å². The highest BCUT2D eigenvalue weighted by Gasteiger charge is 2.28. The second kappa shape index (κ2) is 9.83. The predicted octanol–water partition coefficient (Wildman–Crippen LogP) is 4.13. The van der Waals surface area contributed by atoms with Gasteiger partial charge in [-0.15, -0.1) is 0 Å². The van der Waals surface area contributed by atoms with Gasteiger partial charge in [-0.1, -0.05) is 54.6 Å². The van der Waals surface area contributed by atoms with Crippen molar-refractivity contribution in [3.63, 3.8) is 0 Å². The van der Waals surface area contributed by atoms with Gasteiger partial charge in [-0.25, -0.2) is 4.79 Å². The van der Waals surface area contributed by atoms with Crippen LogP contribution in [0.4, 0.5) is 0 Å². The normalized spacial score (nSPS) is 13.2. The number of hydrogen-bond acceptors (Lipinski definition) is 5. The Morgan fingerprint density at radius 2 is 1.61 bits per heavy atom. The summed E-state index contributed by atoms with van der Waals surface area (Å²) in [6.45, 7) is 5.20. The molecule has 0 spiro atoms. The van der Waals surface area contributed by atoms with Gasteiger partial charge in [0.15, 0.2) is 0 Å². The summed E-state index contributed by atoms with van der Waals surface area (Å²) in [4.78, 5) is 37.2. The summed E-state index contributed by atoms with van der Waals surface area (Å²) in [5.74, 6) is -2.23. The Hall–Kier alpha value is -3.71. The molecule has 4 N–H and O–H groups in total. The lowest BCUT2D eigenvalue weighted by molar-refractivity contribution is -0.156. The Balaban J connectivity index is 1.90. The zero-order valence-corrected chi connectivity index (χ0v) is 18.9. The molecule has 0 fully saturated rings. The molecule has 3 aromatic rings. The van der Waals surface area contributed by atoms with Gasteiger partial charge in [-0.3, -0.25) is 9.59 Å². The largest absolute Gasteiger partial charge is 0.481 e. The maximum Gasteiger partial charge on any atom is 0.328 e. The number of aliphatic carboxylic acids is 1. The van der Waals surface area contributed by atoms with Gasteiger partial charge in [0.2, 0.25) is 0 Å². The SMILES string of the molecule is CC(C)(C)OC(=O)[C@H](N)c1ccccc1C(=O)N[C@H](CC(=O)O)c1ccc2ccccc2c1. The molecule has 7 nitrogen and oxygen atoms in total. The van der Waals surface area contributed by atoms with E-state index < -0.39 is 35.5 Å². The summed E-state index contributed by atoms with van der Waals surface area (Å²) in [5, 5.41) is 14.2. The molecule has 0 aromatic heterocycles. The van der Waals surface area contributed by atoms with Gasteiger partial charge in [0.05, 0.1) is 12.5 Å². The van der Waals surface area contributed by atoms with E-state index >= 15 is 0 Å². The van der Waals surface area contributed by atoms with Crippen molar-refractivity contribution in [3.05, 3.63) is 83.4 Å². The van der Waals surface area contributed by atoms with Gasteiger partial charge < -0.3 is 20.9 Å². The third-order valence-electron chi connectivity index (χ3n) is 5.06. The van der Waals surface area contributed by atoms with Crippen LogP contribution in [0.3, 0.4) is 0 Å². The molecule has 0 aliphatic carbocycles. The van der Waals surface area contributed by atoms with Crippen LogP contribution >= 0.6 is 0 Å². The number of carbonyl (C=O) groups is 3. The molecule has 0 unspecified atom stereocenters. The van der Waals surface area contributed by atoms with Gasteiger partial charge in [0.25, 0.3) is 5.91 Å². The van der Waals surface area contributed by atoms with E-state index in [0.29, 0.717) is 11.1 Å². The number of carboxylic acids is 1. The van der Waals surface area contributed by atoms with E-state index in [1.807, 2.05) is 36.4 Å². The minimum Gasteiger partial charge on any atom is -0.481 e. The fourth-order valence-electron chi connectivity index (χ4n) is 3.55. The van der Waals surface area contributed by atoms with Crippen LogP contribution in [0.25, 0.3) is 10.8 Å². The number of nitrogens with two attached hydrogens (primary N) is 1. The van der Waals surface area contributed by atoms with Crippen LogP contribution in [0.1, 0.15) is 60.8 Å². The number of amides is 1. The summed E-state index contributed by atoms with van der Waals surface area (Å²) >= 11 is 0. The molecule has 0 aliphatic rings. The summed E-state index contributed by atoms with van der Waals surface area (Å²) < 4.78 is 5.36. The summed E-state index contributed by atoms with van der Waals surface area (Å²) in [6.07, 6.45) is -0.301. The van der Waals surface area contributed by atoms with Gasteiger partial charge >= 0.3 is 11.9 Å². The molecule has 0 saturated heterocycles. The van der Waals surface area contributed by atoms with Crippen LogP contribution in [-0.2, 0) is 14.3 Å². The zero-order chi connectivity index (χ0) is 24.2. The quantitative estimate of drug-likeness (QED) is 0.468. The number of nitrogens with one attached hydrogen (secondary N) is 1. The van der Waals surface area contributed by atoms with Crippen molar-refractivity contribution in [1.29, 1.82) is 0 Å². The first-order valence-corrected chi connectivity index (χ1v) is 10.6. The minimum absolute atomic E-state index is 0.187. The van der Waals surface area contributed by atoms with Crippen LogP contribution in [-0.4, -0.2) is 28.6 Å². The molecule has 33 heavy (non-hydrogen) atoms. The number of benzene rings is 3. The van der Waals surface area contributed by atoms with Crippen LogP contribution in [0.2, 0.25) is 0 Å². The van der Waals surface area contributed by atoms with Gasteiger partial charge in [-0.05, 0) is 54.8 Å². The lowest BCUT2D eigenvalue weighted by atomic mass is 9.97. The molecular weight excluding hydrogens is 420 g/mol. The van der Waals surface area contributed by atoms with Crippen molar-refractivity contribution >= 4 is 28.6 Å². The molecule has 1 amide bonds. The van der Waals surface area contributed by atoms with E-state index in [1.54, 1.807) is 51.1 Å². The number of hydrogen-bond donors (Lipinski definition) is 3. The molecule has 172 valence electrons. The van der Waals surface area contributed by atoms with Crippen molar-refractivity contribution in [2.24, 2.45) is 5.73 Å². The van der Waals surface area contributed by atoms with Crippen LogP contribution in [0.15, 0.2) is 66.7 Å². The Morgan fingerprint density at radius 1 is 0.970 bits per heavy atom. The molecule has 7 heteroatoms. The van der Waals surface area contributed by atoms with E-state index in [-0.39, 0.29) is 12.0 Å². The number of rotatable bonds is 7. The fourth-order valence-corrected chi connectivity index (χ4v) is 3.55. The van der Waals surface area contributed by atoms with Crippen LogP contribution < -0.4 is 11.1 Å². The topological polar surface area (TPSA) is 119 Å². The first-order chi connectivity index (χ1) is 15.5. The van der Waals surface area contributed by atoms with E-state index in [4.69, 9.17) is 10.5 Å². The van der Waals surface area contributed by atoms with Crippen molar-refractivity contribution in [1.82, 2.24) is 5.32 Å². The summed E-state index contributed by atoms with van der Waals surface area (Å²) in [5.41, 5.74) is 6.55. The second-order valence-electron chi connectivity index (χ2n) is 8.83. The first kappa shape index (κ1) is 23.9. The Morgan fingerprint density at radius 3 is 2.27 bits per heavy atom. The van der Waals surface area contributed by atoms with Crippen molar-refractivity contribution in [3.8, 4) is 0 Å². The second-order valence-corrected chi connectivity index (χ2v) is 8.83. The standard InChI is InChI=1S/C26H28N2O5/c1-26(2,3)33-25(32)23(27)19-10-6-7-11-20(19)24(31)28-21(15-22(29)30)18-13-12-16-8-4-5-9-17(16)14-18/h4-14,21,23H,15,27H2,1-3H3,(H,28,31)(H,29,30)/t21-,23-/m1/s1. The fraction of sp³-hybridized carbons (Fsp3) is 0.269. The number of carbonyl (C=O) groups excluding carboxylic acids is 2. The summed E-state index contributed by atoms with van der Waals surface area (Å²) in [7, 11) is 0. The van der Waals surface area contributed by atoms with Gasteiger partial charge in [-0.2, -0.15) is 0 Å². The molecule has 0 saturated carbocycles. The van der Waals surface area contributed by atoms with Crippen molar-refractivity contribution < 1.29 is 24.2 Å². The lowest BCUT2D eigenvalue weighted by Gasteiger charge is -2.24. The van der Waals surface area contributed by atoms with Crippen molar-refractivity contribution in [2.75, 3.05) is 0 Å². The van der Waals surface area contributed by atoms with E-state index in [2.05, 4.69) is 5.32 Å². The predicted molar refractivity (Wildman–Crippen MR) is 126 cm³/mol. The Labute approximate surface area is 192 Å². The number of esters is 1. The number of carboxylic acid groups (broad SMARTS) is 1.